The van der Waals surface area contributed by atoms with E-state index in [1.165, 1.54) is 31.3 Å². The van der Waals surface area contributed by atoms with Crippen molar-refractivity contribution in [2.24, 2.45) is 0 Å². The topological polar surface area (TPSA) is 115 Å². The number of aryl methyl sites for hydroxylation is 1. The molecule has 0 fully saturated rings. The Kier molecular flexibility index (Phi) is 4.05. The van der Waals surface area contributed by atoms with Crippen LogP contribution in [0.3, 0.4) is 0 Å². The number of anilines is 1. The third-order valence-corrected chi connectivity index (χ3v) is 4.25. The molecule has 0 aliphatic carbocycles. The summed E-state index contributed by atoms with van der Waals surface area (Å²) in [4.78, 5) is 17.1. The van der Waals surface area contributed by atoms with Gasteiger partial charge in [-0.25, -0.2) is 13.4 Å². The van der Waals surface area contributed by atoms with Gasteiger partial charge >= 0.3 is 0 Å². The summed E-state index contributed by atoms with van der Waals surface area (Å²) in [6.45, 7) is 1.47. The number of rotatable bonds is 4. The highest BCUT2D eigenvalue weighted by Crippen LogP contribution is 2.28. The molecule has 0 spiro atoms. The van der Waals surface area contributed by atoms with Crippen molar-refractivity contribution in [1.82, 2.24) is 9.97 Å². The maximum absolute atomic E-state index is 12.3. The summed E-state index contributed by atoms with van der Waals surface area (Å²) < 4.78 is 26.8. The Bertz CT molecular complexity index is 810. The third-order valence-electron chi connectivity index (χ3n) is 2.52. The Balaban J connectivity index is 2.52. The Morgan fingerprint density at radius 2 is 2.05 bits per heavy atom. The van der Waals surface area contributed by atoms with Crippen molar-refractivity contribution < 1.29 is 13.3 Å². The van der Waals surface area contributed by atoms with Crippen molar-refractivity contribution in [3.05, 3.63) is 51.4 Å². The van der Waals surface area contributed by atoms with Crippen molar-refractivity contribution in [2.45, 2.75) is 11.8 Å². The van der Waals surface area contributed by atoms with Crippen molar-refractivity contribution in [1.29, 1.82) is 0 Å². The molecule has 0 amide bonds. The van der Waals surface area contributed by atoms with Crippen LogP contribution >= 0.6 is 11.6 Å². The van der Waals surface area contributed by atoms with Gasteiger partial charge in [0, 0.05) is 12.3 Å². The van der Waals surface area contributed by atoms with E-state index in [4.69, 9.17) is 11.6 Å². The summed E-state index contributed by atoms with van der Waals surface area (Å²) in [5.74, 6) is -0.0763. The zero-order valence-corrected chi connectivity index (χ0v) is 12.2. The number of nitro groups is 1. The first kappa shape index (κ1) is 15.1. The zero-order valence-electron chi connectivity index (χ0n) is 10.6. The number of nitrogens with one attached hydrogen (secondary N) is 1. The van der Waals surface area contributed by atoms with Crippen LogP contribution in [-0.4, -0.2) is 23.3 Å². The molecule has 21 heavy (non-hydrogen) atoms. The largest absolute Gasteiger partial charge is 0.290 e. The van der Waals surface area contributed by atoms with E-state index >= 15 is 0 Å². The molecule has 2 rings (SSSR count). The Hall–Kier alpha value is -2.26. The fraction of sp³-hybridized carbons (Fsp3) is 0.0909. The van der Waals surface area contributed by atoms with Gasteiger partial charge in [0.15, 0.2) is 4.90 Å². The van der Waals surface area contributed by atoms with Crippen LogP contribution in [0.2, 0.25) is 5.28 Å². The van der Waals surface area contributed by atoms with Crippen molar-refractivity contribution in [2.75, 3.05) is 4.72 Å². The number of aromatic nitrogens is 2. The van der Waals surface area contributed by atoms with Crippen LogP contribution in [0.1, 0.15) is 5.56 Å². The van der Waals surface area contributed by atoms with Crippen molar-refractivity contribution in [3.8, 4) is 0 Å². The minimum Gasteiger partial charge on any atom is -0.263 e. The molecule has 0 aliphatic rings. The molecular formula is C11H9ClN4O4S. The number of hydrogen-bond donors (Lipinski definition) is 1. The van der Waals surface area contributed by atoms with Crippen LogP contribution in [0, 0.1) is 17.0 Å². The van der Waals surface area contributed by atoms with E-state index in [9.17, 15) is 18.5 Å². The minimum absolute atomic E-state index is 0.0763. The molecule has 0 bridgehead atoms. The first-order valence-electron chi connectivity index (χ1n) is 5.56. The molecule has 0 unspecified atom stereocenters. The standard InChI is InChI=1S/C11H9ClN4O4S/c1-7-3-2-4-8(16(17)18)10(7)21(19,20)15-9-5-6-13-11(12)14-9/h2-6H,1H3,(H,13,14,15). The average molecular weight is 329 g/mol. The van der Waals surface area contributed by atoms with Gasteiger partial charge in [-0.15, -0.1) is 0 Å². The number of nitro benzene ring substituents is 1. The van der Waals surface area contributed by atoms with Gasteiger partial charge in [0.05, 0.1) is 4.92 Å². The van der Waals surface area contributed by atoms with Gasteiger partial charge < -0.3 is 0 Å². The molecule has 0 aliphatic heterocycles. The Morgan fingerprint density at radius 1 is 1.33 bits per heavy atom. The number of halogens is 1. The first-order chi connectivity index (χ1) is 9.81. The van der Waals surface area contributed by atoms with E-state index in [-0.39, 0.29) is 16.7 Å². The molecule has 0 saturated heterocycles. The molecule has 0 radical (unpaired) electrons. The fourth-order valence-electron chi connectivity index (χ4n) is 1.71. The SMILES string of the molecule is Cc1cccc([N+](=O)[O-])c1S(=O)(=O)Nc1ccnc(Cl)n1. The molecule has 0 atom stereocenters. The normalized spacial score (nSPS) is 11.1. The highest BCUT2D eigenvalue weighted by atomic mass is 35.5. The Labute approximate surface area is 125 Å². The quantitative estimate of drug-likeness (QED) is 0.522. The second kappa shape index (κ2) is 5.62. The van der Waals surface area contributed by atoms with E-state index in [1.54, 1.807) is 0 Å². The highest BCUT2D eigenvalue weighted by Gasteiger charge is 2.28. The molecule has 2 aromatic rings. The summed E-state index contributed by atoms with van der Waals surface area (Å²) in [5, 5.41) is 10.8. The lowest BCUT2D eigenvalue weighted by molar-refractivity contribution is -0.387. The van der Waals surface area contributed by atoms with Gasteiger partial charge in [-0.2, -0.15) is 4.98 Å². The molecule has 0 saturated carbocycles. The van der Waals surface area contributed by atoms with Gasteiger partial charge in [-0.05, 0) is 30.2 Å². The summed E-state index contributed by atoms with van der Waals surface area (Å²) in [6, 6.07) is 5.28. The molecule has 1 N–H and O–H groups in total. The van der Waals surface area contributed by atoms with Crippen LogP contribution < -0.4 is 4.72 Å². The fourth-order valence-corrected chi connectivity index (χ4v) is 3.26. The highest BCUT2D eigenvalue weighted by molar-refractivity contribution is 7.93. The van der Waals surface area contributed by atoms with E-state index < -0.39 is 25.5 Å². The second-order valence-corrected chi connectivity index (χ2v) is 5.95. The van der Waals surface area contributed by atoms with Gasteiger partial charge in [-0.1, -0.05) is 12.1 Å². The number of sulfonamides is 1. The molecule has 10 heteroatoms. The number of benzene rings is 1. The van der Waals surface area contributed by atoms with Crippen LogP contribution in [0.5, 0.6) is 0 Å². The second-order valence-electron chi connectivity index (χ2n) is 4.00. The number of nitrogens with zero attached hydrogens (tertiary/aromatic N) is 3. The van der Waals surface area contributed by atoms with E-state index in [2.05, 4.69) is 14.7 Å². The lowest BCUT2D eigenvalue weighted by Crippen LogP contribution is -2.17. The summed E-state index contributed by atoms with van der Waals surface area (Å²) in [6.07, 6.45) is 1.26. The van der Waals surface area contributed by atoms with Gasteiger partial charge in [0.1, 0.15) is 5.82 Å². The van der Waals surface area contributed by atoms with Crippen LogP contribution in [0.4, 0.5) is 11.5 Å². The number of hydrogen-bond acceptors (Lipinski definition) is 6. The van der Waals surface area contributed by atoms with Crippen molar-refractivity contribution in [3.63, 3.8) is 0 Å². The smallest absolute Gasteiger partial charge is 0.263 e. The van der Waals surface area contributed by atoms with E-state index in [1.807, 2.05) is 0 Å². The van der Waals surface area contributed by atoms with Gasteiger partial charge in [0.2, 0.25) is 5.28 Å². The van der Waals surface area contributed by atoms with Gasteiger partial charge in [-0.3, -0.25) is 14.8 Å². The average Bonchev–Trinajstić information content (AvgIpc) is 2.37. The summed E-state index contributed by atoms with van der Waals surface area (Å²) in [7, 11) is -4.18. The minimum atomic E-state index is -4.18. The lowest BCUT2D eigenvalue weighted by atomic mass is 10.2. The monoisotopic (exact) mass is 328 g/mol. The predicted molar refractivity (Wildman–Crippen MR) is 75.7 cm³/mol. The Morgan fingerprint density at radius 3 is 2.67 bits per heavy atom. The van der Waals surface area contributed by atoms with Crippen molar-refractivity contribution >= 4 is 33.1 Å². The summed E-state index contributed by atoms with van der Waals surface area (Å²) in [5.41, 5.74) is -0.264. The molecule has 1 heterocycles. The predicted octanol–water partition coefficient (Wildman–Crippen LogP) is 2.15. The maximum Gasteiger partial charge on any atom is 0.290 e. The maximum atomic E-state index is 12.3. The third kappa shape index (κ3) is 3.26. The molecule has 8 nitrogen and oxygen atoms in total. The van der Waals surface area contributed by atoms with Crippen LogP contribution in [-0.2, 0) is 10.0 Å². The zero-order chi connectivity index (χ0) is 15.6. The lowest BCUT2D eigenvalue weighted by Gasteiger charge is -2.09. The van der Waals surface area contributed by atoms with E-state index in [0.29, 0.717) is 0 Å². The molecule has 110 valence electrons. The molecule has 1 aromatic heterocycles. The van der Waals surface area contributed by atoms with E-state index in [0.717, 1.165) is 6.07 Å². The summed E-state index contributed by atoms with van der Waals surface area (Å²) >= 11 is 5.57. The van der Waals surface area contributed by atoms with Crippen LogP contribution in [0.25, 0.3) is 0 Å². The molecule has 1 aromatic carbocycles. The first-order valence-corrected chi connectivity index (χ1v) is 7.43. The van der Waals surface area contributed by atoms with Gasteiger partial charge in [0.25, 0.3) is 15.7 Å². The van der Waals surface area contributed by atoms with Crippen LogP contribution in [0.15, 0.2) is 35.4 Å². The molecular weight excluding hydrogens is 320 g/mol.